The van der Waals surface area contributed by atoms with Crippen LogP contribution in [0.5, 0.6) is 0 Å². The summed E-state index contributed by atoms with van der Waals surface area (Å²) in [5.41, 5.74) is 2.69. The maximum Gasteiger partial charge on any atom is 0.331 e. The molecule has 0 aromatic heterocycles. The van der Waals surface area contributed by atoms with Crippen LogP contribution in [-0.4, -0.2) is 44.1 Å². The van der Waals surface area contributed by atoms with E-state index in [-0.39, 0.29) is 11.3 Å². The van der Waals surface area contributed by atoms with Crippen LogP contribution in [0.1, 0.15) is 36.6 Å². The van der Waals surface area contributed by atoms with E-state index in [0.717, 1.165) is 16.7 Å². The lowest BCUT2D eigenvalue weighted by molar-refractivity contribution is -0.172. The van der Waals surface area contributed by atoms with Crippen molar-refractivity contribution in [2.24, 2.45) is 5.92 Å². The summed E-state index contributed by atoms with van der Waals surface area (Å²) >= 11 is 1.54. The predicted molar refractivity (Wildman–Crippen MR) is 142 cm³/mol. The van der Waals surface area contributed by atoms with Crippen LogP contribution >= 0.6 is 11.8 Å². The Kier molecular flexibility index (Phi) is 6.73. The van der Waals surface area contributed by atoms with Gasteiger partial charge in [-0.1, -0.05) is 103 Å². The Morgan fingerprint density at radius 2 is 1.47 bits per heavy atom. The highest BCUT2D eigenvalue weighted by Crippen LogP contribution is 2.54. The second-order valence-electron chi connectivity index (χ2n) is 9.68. The first-order valence-electron chi connectivity index (χ1n) is 12.1. The van der Waals surface area contributed by atoms with E-state index in [2.05, 4.69) is 0 Å². The first-order valence-corrected chi connectivity index (χ1v) is 13.0. The van der Waals surface area contributed by atoms with Gasteiger partial charge in [-0.15, -0.1) is 11.8 Å². The maximum atomic E-state index is 13.6. The second-order valence-corrected chi connectivity index (χ2v) is 11.5. The van der Waals surface area contributed by atoms with Crippen molar-refractivity contribution in [3.8, 4) is 0 Å². The molecule has 5 rings (SSSR count). The van der Waals surface area contributed by atoms with Crippen LogP contribution in [0.15, 0.2) is 97.1 Å². The number of hydrogen-bond donors (Lipinski definition) is 1. The van der Waals surface area contributed by atoms with Gasteiger partial charge in [-0.25, -0.2) is 4.79 Å². The molecule has 0 bridgehead atoms. The smallest absolute Gasteiger partial charge is 0.331 e. The lowest BCUT2D eigenvalue weighted by atomic mass is 9.87. The van der Waals surface area contributed by atoms with E-state index >= 15 is 0 Å². The summed E-state index contributed by atoms with van der Waals surface area (Å²) in [4.78, 5) is 28.5. The van der Waals surface area contributed by atoms with E-state index < -0.39 is 34.9 Å². The predicted octanol–water partition coefficient (Wildman–Crippen LogP) is 5.07. The molecule has 1 amide bonds. The summed E-state index contributed by atoms with van der Waals surface area (Å²) in [6.07, 6.45) is 1.97. The number of aliphatic hydroxyl groups is 1. The summed E-state index contributed by atoms with van der Waals surface area (Å²) in [5.74, 6) is -1.25. The van der Waals surface area contributed by atoms with Gasteiger partial charge in [0.1, 0.15) is 6.04 Å². The summed E-state index contributed by atoms with van der Waals surface area (Å²) in [7, 11) is 0. The van der Waals surface area contributed by atoms with Crippen molar-refractivity contribution in [3.05, 3.63) is 114 Å². The minimum atomic E-state index is -0.932. The Morgan fingerprint density at radius 3 is 2.03 bits per heavy atom. The molecule has 1 unspecified atom stereocenters. The number of rotatable bonds is 7. The number of carbonyl (C=O) groups excluding carboxylic acids is 2. The number of benzene rings is 3. The highest BCUT2D eigenvalue weighted by molar-refractivity contribution is 8.01. The summed E-state index contributed by atoms with van der Waals surface area (Å²) < 4.78 is 5.56. The van der Waals surface area contributed by atoms with Crippen LogP contribution in [-0.2, 0) is 14.3 Å². The summed E-state index contributed by atoms with van der Waals surface area (Å²) in [6, 6.07) is 28.1. The SMILES string of the molecule is CC1(C)S[C@@H]2[C@@H](C(O)/C=C/c3ccccc3)C(=O)N2[C@H]1C(=O)OC(c1ccccc1)c1ccccc1. The molecule has 36 heavy (non-hydrogen) atoms. The molecule has 2 aliphatic heterocycles. The van der Waals surface area contributed by atoms with Gasteiger partial charge in [-0.05, 0) is 30.5 Å². The monoisotopic (exact) mass is 499 g/mol. The molecule has 3 aromatic carbocycles. The summed E-state index contributed by atoms with van der Waals surface area (Å²) in [5, 5.41) is 10.5. The standard InChI is InChI=1S/C30H29NO4S/c1-30(2)26(29(34)35-25(21-14-8-4-9-15-21)22-16-10-5-11-17-22)31-27(33)24(28(31)36-30)23(32)19-18-20-12-6-3-7-13-20/h3-19,23-26,28,32H,1-2H3/b19-18+/t23?,24-,26-,28+/m0/s1. The van der Waals surface area contributed by atoms with Gasteiger partial charge in [0.15, 0.2) is 6.10 Å². The number of aliphatic hydroxyl groups excluding tert-OH is 1. The van der Waals surface area contributed by atoms with Gasteiger partial charge in [0.25, 0.3) is 0 Å². The van der Waals surface area contributed by atoms with Gasteiger partial charge in [0.05, 0.1) is 17.4 Å². The summed E-state index contributed by atoms with van der Waals surface area (Å²) in [6.45, 7) is 3.91. The zero-order valence-corrected chi connectivity index (χ0v) is 21.0. The number of carbonyl (C=O) groups is 2. The molecule has 2 heterocycles. The van der Waals surface area contributed by atoms with E-state index in [0.29, 0.717) is 0 Å². The number of fused-ring (bicyclic) bond motifs is 1. The number of esters is 1. The van der Waals surface area contributed by atoms with Crippen molar-refractivity contribution in [2.75, 3.05) is 0 Å². The Bertz CT molecular complexity index is 1210. The molecule has 4 atom stereocenters. The molecule has 2 fully saturated rings. The van der Waals surface area contributed by atoms with Crippen molar-refractivity contribution in [3.63, 3.8) is 0 Å². The number of β-lactam (4-membered cyclic amide) rings is 1. The molecule has 184 valence electrons. The molecule has 0 aliphatic carbocycles. The fraction of sp³-hybridized carbons (Fsp3) is 0.267. The second kappa shape index (κ2) is 9.96. The van der Waals surface area contributed by atoms with Gasteiger partial charge in [-0.2, -0.15) is 0 Å². The third-order valence-electron chi connectivity index (χ3n) is 6.80. The zero-order valence-electron chi connectivity index (χ0n) is 20.2. The van der Waals surface area contributed by atoms with Crippen LogP contribution in [0.4, 0.5) is 0 Å². The fourth-order valence-electron chi connectivity index (χ4n) is 5.00. The molecule has 3 aromatic rings. The first kappa shape index (κ1) is 24.3. The Balaban J connectivity index is 1.35. The maximum absolute atomic E-state index is 13.6. The lowest BCUT2D eigenvalue weighted by Crippen LogP contribution is -2.65. The highest BCUT2D eigenvalue weighted by atomic mass is 32.2. The normalized spacial score (nSPS) is 23.4. The molecule has 0 radical (unpaired) electrons. The molecule has 5 nitrogen and oxygen atoms in total. The van der Waals surface area contributed by atoms with Crippen LogP contribution < -0.4 is 0 Å². The highest BCUT2D eigenvalue weighted by Gasteiger charge is 2.65. The van der Waals surface area contributed by atoms with Crippen LogP contribution in [0.3, 0.4) is 0 Å². The van der Waals surface area contributed by atoms with Crippen molar-refractivity contribution >= 4 is 29.7 Å². The van der Waals surface area contributed by atoms with Gasteiger partial charge in [0.2, 0.25) is 5.91 Å². The molecule has 6 heteroatoms. The van der Waals surface area contributed by atoms with Gasteiger partial charge in [0, 0.05) is 4.75 Å². The van der Waals surface area contributed by atoms with E-state index in [9.17, 15) is 14.7 Å². The van der Waals surface area contributed by atoms with Crippen molar-refractivity contribution in [2.45, 2.75) is 42.2 Å². The molecular formula is C30H29NO4S. The number of nitrogens with zero attached hydrogens (tertiary/aromatic N) is 1. The Morgan fingerprint density at radius 1 is 0.944 bits per heavy atom. The minimum absolute atomic E-state index is 0.221. The van der Waals surface area contributed by atoms with Gasteiger partial charge < -0.3 is 14.7 Å². The van der Waals surface area contributed by atoms with E-state index in [1.54, 1.807) is 22.7 Å². The average Bonchev–Trinajstić information content (AvgIpc) is 3.14. The molecule has 2 saturated heterocycles. The van der Waals surface area contributed by atoms with Gasteiger partial charge >= 0.3 is 5.97 Å². The average molecular weight is 500 g/mol. The molecule has 1 N–H and O–H groups in total. The minimum Gasteiger partial charge on any atom is -0.451 e. The van der Waals surface area contributed by atoms with Crippen LogP contribution in [0.2, 0.25) is 0 Å². The quantitative estimate of drug-likeness (QED) is 0.363. The van der Waals surface area contributed by atoms with E-state index in [4.69, 9.17) is 4.74 Å². The number of ether oxygens (including phenoxy) is 1. The number of thioether (sulfide) groups is 1. The zero-order chi connectivity index (χ0) is 25.3. The largest absolute Gasteiger partial charge is 0.451 e. The Hall–Kier alpha value is -3.35. The third-order valence-corrected chi connectivity index (χ3v) is 8.39. The first-order chi connectivity index (χ1) is 17.4. The van der Waals surface area contributed by atoms with Crippen LogP contribution in [0, 0.1) is 5.92 Å². The van der Waals surface area contributed by atoms with Gasteiger partial charge in [-0.3, -0.25) is 4.79 Å². The third kappa shape index (κ3) is 4.59. The Labute approximate surface area is 215 Å². The van der Waals surface area contributed by atoms with E-state index in [1.807, 2.05) is 111 Å². The van der Waals surface area contributed by atoms with Crippen molar-refractivity contribution in [1.29, 1.82) is 0 Å². The van der Waals surface area contributed by atoms with E-state index in [1.165, 1.54) is 0 Å². The molecular weight excluding hydrogens is 470 g/mol. The topological polar surface area (TPSA) is 66.8 Å². The number of hydrogen-bond acceptors (Lipinski definition) is 5. The lowest BCUT2D eigenvalue weighted by Gasteiger charge is -2.45. The molecule has 2 aliphatic rings. The van der Waals surface area contributed by atoms with Crippen molar-refractivity contribution < 1.29 is 19.4 Å². The fourth-order valence-corrected chi connectivity index (χ4v) is 6.72. The molecule has 0 spiro atoms. The van der Waals surface area contributed by atoms with Crippen molar-refractivity contribution in [1.82, 2.24) is 4.90 Å². The van der Waals surface area contributed by atoms with Crippen LogP contribution in [0.25, 0.3) is 6.08 Å². The number of amides is 1. The molecule has 0 saturated carbocycles.